The first-order valence-corrected chi connectivity index (χ1v) is 8.22. The highest BCUT2D eigenvalue weighted by Gasteiger charge is 2.44. The number of anilines is 3. The minimum Gasteiger partial charge on any atom is -0.362 e. The van der Waals surface area contributed by atoms with E-state index in [4.69, 9.17) is 0 Å². The van der Waals surface area contributed by atoms with E-state index in [1.807, 2.05) is 0 Å². The second-order valence-corrected chi connectivity index (χ2v) is 6.27. The molecule has 2 heterocycles. The van der Waals surface area contributed by atoms with Crippen LogP contribution in [0.1, 0.15) is 32.3 Å². The van der Waals surface area contributed by atoms with Gasteiger partial charge in [-0.15, -0.1) is 0 Å². The molecule has 0 saturated heterocycles. The van der Waals surface area contributed by atoms with Crippen LogP contribution in [0.5, 0.6) is 0 Å². The van der Waals surface area contributed by atoms with Crippen LogP contribution < -0.4 is 10.2 Å². The van der Waals surface area contributed by atoms with Crippen molar-refractivity contribution >= 4 is 23.1 Å². The van der Waals surface area contributed by atoms with Gasteiger partial charge in [0.2, 0.25) is 0 Å². The molecule has 0 fully saturated rings. The molecule has 2 heteroatoms. The average molecular weight is 290 g/mol. The van der Waals surface area contributed by atoms with Crippen LogP contribution in [0, 0.1) is 5.41 Å². The van der Waals surface area contributed by atoms with Crippen molar-refractivity contribution in [2.45, 2.75) is 32.9 Å². The number of para-hydroxylation sites is 3. The van der Waals surface area contributed by atoms with Gasteiger partial charge in [-0.3, -0.25) is 0 Å². The molecule has 2 aliphatic rings. The summed E-state index contributed by atoms with van der Waals surface area (Å²) in [7, 11) is 0. The van der Waals surface area contributed by atoms with Crippen molar-refractivity contribution in [3.8, 4) is 0 Å². The maximum Gasteiger partial charge on any atom is 0.113 e. The predicted octanol–water partition coefficient (Wildman–Crippen LogP) is 5.41. The number of nitrogens with zero attached hydrogens (tertiary/aromatic N) is 1. The van der Waals surface area contributed by atoms with Crippen molar-refractivity contribution in [3.63, 3.8) is 0 Å². The predicted molar refractivity (Wildman–Crippen MR) is 94.5 cm³/mol. The monoisotopic (exact) mass is 290 g/mol. The molecule has 0 radical (unpaired) electrons. The molecule has 1 unspecified atom stereocenters. The average Bonchev–Trinajstić information content (AvgIpc) is 2.90. The molecule has 4 rings (SSSR count). The molecule has 22 heavy (non-hydrogen) atoms. The van der Waals surface area contributed by atoms with Gasteiger partial charge in [0.1, 0.15) is 6.17 Å². The summed E-state index contributed by atoms with van der Waals surface area (Å²) in [5.74, 6) is 0. The highest BCUT2D eigenvalue weighted by Crippen LogP contribution is 2.50. The van der Waals surface area contributed by atoms with Crippen molar-refractivity contribution in [2.75, 3.05) is 10.2 Å². The second-order valence-electron chi connectivity index (χ2n) is 6.27. The first-order valence-electron chi connectivity index (χ1n) is 8.22. The Balaban J connectivity index is 1.97. The van der Waals surface area contributed by atoms with Gasteiger partial charge < -0.3 is 10.2 Å². The summed E-state index contributed by atoms with van der Waals surface area (Å²) in [5, 5.41) is 3.78. The van der Waals surface area contributed by atoms with Gasteiger partial charge in [0.05, 0.1) is 17.1 Å². The highest BCUT2D eigenvalue weighted by molar-refractivity contribution is 5.87. The third-order valence-corrected chi connectivity index (χ3v) is 5.37. The first kappa shape index (κ1) is 13.4. The number of nitrogens with one attached hydrogen (secondary N) is 1. The lowest BCUT2D eigenvalue weighted by molar-refractivity contribution is 0.306. The van der Waals surface area contributed by atoms with Gasteiger partial charge in [0, 0.05) is 5.41 Å². The van der Waals surface area contributed by atoms with E-state index in [9.17, 15) is 0 Å². The maximum atomic E-state index is 3.78. The first-order chi connectivity index (χ1) is 10.8. The van der Waals surface area contributed by atoms with E-state index in [1.54, 1.807) is 0 Å². The summed E-state index contributed by atoms with van der Waals surface area (Å²) < 4.78 is 0. The van der Waals surface area contributed by atoms with Crippen molar-refractivity contribution in [1.82, 2.24) is 0 Å². The Morgan fingerprint density at radius 2 is 1.64 bits per heavy atom. The minimum absolute atomic E-state index is 0.137. The molecule has 0 bridgehead atoms. The summed E-state index contributed by atoms with van der Waals surface area (Å²) in [6.45, 7) is 4.60. The molecule has 0 spiro atoms. The zero-order valence-corrected chi connectivity index (χ0v) is 13.2. The van der Waals surface area contributed by atoms with Crippen LogP contribution in [0.4, 0.5) is 17.1 Å². The molecule has 112 valence electrons. The highest BCUT2D eigenvalue weighted by atomic mass is 15.3. The Hall–Kier alpha value is -2.22. The van der Waals surface area contributed by atoms with Crippen molar-refractivity contribution < 1.29 is 0 Å². The summed E-state index contributed by atoms with van der Waals surface area (Å²) in [5.41, 5.74) is 5.26. The molecular weight excluding hydrogens is 268 g/mol. The molecule has 0 aromatic heterocycles. The Bertz CT molecular complexity index is 728. The minimum atomic E-state index is 0.137. The molecule has 1 N–H and O–H groups in total. The molecule has 2 aromatic carbocycles. The normalized spacial score (nSPS) is 20.6. The van der Waals surface area contributed by atoms with Gasteiger partial charge >= 0.3 is 0 Å². The number of fused-ring (bicyclic) bond motifs is 5. The van der Waals surface area contributed by atoms with Gasteiger partial charge in [-0.25, -0.2) is 0 Å². The van der Waals surface area contributed by atoms with E-state index in [0.29, 0.717) is 0 Å². The summed E-state index contributed by atoms with van der Waals surface area (Å²) in [4.78, 5) is 2.50. The molecule has 0 aliphatic carbocycles. The van der Waals surface area contributed by atoms with E-state index < -0.39 is 0 Å². The van der Waals surface area contributed by atoms with Gasteiger partial charge in [-0.1, -0.05) is 56.3 Å². The largest absolute Gasteiger partial charge is 0.362 e. The lowest BCUT2D eigenvalue weighted by Gasteiger charge is -2.40. The lowest BCUT2D eigenvalue weighted by atomic mass is 9.78. The number of benzene rings is 2. The van der Waals surface area contributed by atoms with Crippen molar-refractivity contribution in [2.24, 2.45) is 5.41 Å². The van der Waals surface area contributed by atoms with Gasteiger partial charge in [0.15, 0.2) is 0 Å². The van der Waals surface area contributed by atoms with E-state index in [2.05, 4.69) is 84.7 Å². The van der Waals surface area contributed by atoms with Crippen LogP contribution in [-0.2, 0) is 0 Å². The number of hydrogen-bond acceptors (Lipinski definition) is 2. The second kappa shape index (κ2) is 4.91. The van der Waals surface area contributed by atoms with Crippen LogP contribution in [0.3, 0.4) is 0 Å². The van der Waals surface area contributed by atoms with Crippen LogP contribution in [-0.4, -0.2) is 6.17 Å². The van der Waals surface area contributed by atoms with Crippen LogP contribution in [0.15, 0.2) is 54.6 Å². The van der Waals surface area contributed by atoms with Gasteiger partial charge in [-0.05, 0) is 36.6 Å². The zero-order chi connectivity index (χ0) is 15.2. The van der Waals surface area contributed by atoms with Gasteiger partial charge in [-0.2, -0.15) is 0 Å². The van der Waals surface area contributed by atoms with Crippen molar-refractivity contribution in [3.05, 3.63) is 60.2 Å². The Morgan fingerprint density at radius 1 is 0.955 bits per heavy atom. The van der Waals surface area contributed by atoms with Crippen molar-refractivity contribution in [1.29, 1.82) is 0 Å². The quantitative estimate of drug-likeness (QED) is 0.795. The van der Waals surface area contributed by atoms with E-state index in [1.165, 1.54) is 22.6 Å². The summed E-state index contributed by atoms with van der Waals surface area (Å²) in [6, 6.07) is 17.4. The topological polar surface area (TPSA) is 15.3 Å². The fourth-order valence-electron chi connectivity index (χ4n) is 3.89. The molecule has 2 nitrogen and oxygen atoms in total. The fraction of sp³-hybridized carbons (Fsp3) is 0.300. The molecule has 2 aromatic rings. The lowest BCUT2D eigenvalue weighted by Crippen LogP contribution is -2.45. The third-order valence-electron chi connectivity index (χ3n) is 5.37. The van der Waals surface area contributed by atoms with E-state index in [-0.39, 0.29) is 11.6 Å². The summed E-state index contributed by atoms with van der Waals surface area (Å²) in [6.07, 6.45) is 7.26. The molecule has 0 saturated carbocycles. The van der Waals surface area contributed by atoms with Gasteiger partial charge in [0.25, 0.3) is 0 Å². The number of rotatable bonds is 2. The SMILES string of the molecule is CCC1(CC)C=Cc2ccccc2N2c3ccccc3NC21. The zero-order valence-electron chi connectivity index (χ0n) is 13.2. The van der Waals surface area contributed by atoms with Crippen LogP contribution >= 0.6 is 0 Å². The molecule has 0 amide bonds. The third kappa shape index (κ3) is 1.73. The smallest absolute Gasteiger partial charge is 0.113 e. The molecule has 2 aliphatic heterocycles. The number of hydrogen-bond donors (Lipinski definition) is 1. The van der Waals surface area contributed by atoms with E-state index >= 15 is 0 Å². The van der Waals surface area contributed by atoms with E-state index in [0.717, 1.165) is 12.8 Å². The molecular formula is C20H22N2. The van der Waals surface area contributed by atoms with Crippen LogP contribution in [0.25, 0.3) is 6.08 Å². The standard InChI is InChI=1S/C20H22N2/c1-3-20(4-2)14-13-15-9-5-7-11-17(15)22-18-12-8-6-10-16(18)21-19(20)22/h5-14,19,21H,3-4H2,1-2H3. The maximum absolute atomic E-state index is 3.78. The molecule has 1 atom stereocenters. The van der Waals surface area contributed by atoms with Crippen LogP contribution in [0.2, 0.25) is 0 Å². The Morgan fingerprint density at radius 3 is 2.41 bits per heavy atom. The fourth-order valence-corrected chi connectivity index (χ4v) is 3.89. The Labute approximate surface area is 132 Å². The summed E-state index contributed by atoms with van der Waals surface area (Å²) >= 11 is 0. The Kier molecular flexibility index (Phi) is 3.00.